The number of nitrogens with zero attached hydrogens (tertiary/aromatic N) is 2. The average Bonchev–Trinajstić information content (AvgIpc) is 2.63. The van der Waals surface area contributed by atoms with E-state index in [9.17, 15) is 0 Å². The van der Waals surface area contributed by atoms with Gasteiger partial charge in [0.05, 0.1) is 0 Å². The molecular formula is C12H22BrN3. The van der Waals surface area contributed by atoms with E-state index in [4.69, 9.17) is 0 Å². The minimum Gasteiger partial charge on any atom is -0.352 e. The summed E-state index contributed by atoms with van der Waals surface area (Å²) in [5.41, 5.74) is 0.447. The first kappa shape index (κ1) is 13.6. The summed E-state index contributed by atoms with van der Waals surface area (Å²) >= 11 is 3.35. The molecule has 0 aromatic rings. The number of guanidine groups is 1. The molecule has 0 radical (unpaired) electrons. The van der Waals surface area contributed by atoms with Crippen molar-refractivity contribution in [3.05, 3.63) is 11.1 Å². The normalized spacial score (nSPS) is 26.0. The third-order valence-electron chi connectivity index (χ3n) is 3.36. The first-order valence-corrected chi connectivity index (χ1v) is 6.59. The Morgan fingerprint density at radius 2 is 2.31 bits per heavy atom. The maximum absolute atomic E-state index is 4.31. The first-order chi connectivity index (χ1) is 7.50. The molecule has 0 amide bonds. The van der Waals surface area contributed by atoms with Gasteiger partial charge in [0, 0.05) is 31.2 Å². The van der Waals surface area contributed by atoms with Gasteiger partial charge in [-0.15, -0.1) is 0 Å². The van der Waals surface area contributed by atoms with Crippen LogP contribution in [0, 0.1) is 5.41 Å². The van der Waals surface area contributed by atoms with E-state index in [-0.39, 0.29) is 0 Å². The molecule has 1 saturated heterocycles. The van der Waals surface area contributed by atoms with Crippen LogP contribution < -0.4 is 5.32 Å². The minimum atomic E-state index is 0.447. The average molecular weight is 288 g/mol. The standard InChI is InChI=1S/C12H22BrN3/c1-5-12(3)6-7-16(9-12)11(14-4)15-8-10(2)13/h2,5-9H2,1,3-4H3,(H,14,15). The Hall–Kier alpha value is -0.510. The fraction of sp³-hybridized carbons (Fsp3) is 0.750. The Labute approximate surface area is 107 Å². The van der Waals surface area contributed by atoms with Crippen LogP contribution >= 0.6 is 15.9 Å². The van der Waals surface area contributed by atoms with Crippen molar-refractivity contribution < 1.29 is 0 Å². The second-order valence-corrected chi connectivity index (χ2v) is 5.88. The van der Waals surface area contributed by atoms with Gasteiger partial charge in [-0.3, -0.25) is 4.99 Å². The van der Waals surface area contributed by atoms with Gasteiger partial charge in [-0.2, -0.15) is 0 Å². The second-order valence-electron chi connectivity index (χ2n) is 4.75. The molecule has 0 spiro atoms. The Morgan fingerprint density at radius 1 is 1.62 bits per heavy atom. The number of nitrogens with one attached hydrogen (secondary N) is 1. The number of rotatable bonds is 3. The van der Waals surface area contributed by atoms with Gasteiger partial charge >= 0.3 is 0 Å². The highest BCUT2D eigenvalue weighted by Crippen LogP contribution is 2.32. The Kier molecular flexibility index (Phi) is 4.84. The van der Waals surface area contributed by atoms with Gasteiger partial charge in [-0.1, -0.05) is 36.4 Å². The second kappa shape index (κ2) is 5.71. The summed E-state index contributed by atoms with van der Waals surface area (Å²) in [5.74, 6) is 0.984. The SMILES string of the molecule is C=C(Br)CNC(=NC)N1CCC(C)(CC)C1. The molecule has 1 fully saturated rings. The maximum Gasteiger partial charge on any atom is 0.193 e. The van der Waals surface area contributed by atoms with Crippen molar-refractivity contribution in [3.8, 4) is 0 Å². The molecule has 0 saturated carbocycles. The van der Waals surface area contributed by atoms with Gasteiger partial charge < -0.3 is 10.2 Å². The van der Waals surface area contributed by atoms with Crippen LogP contribution in [0.15, 0.2) is 16.1 Å². The van der Waals surface area contributed by atoms with Crippen molar-refractivity contribution in [2.75, 3.05) is 26.7 Å². The van der Waals surface area contributed by atoms with Crippen LogP contribution in [0.4, 0.5) is 0 Å². The molecule has 16 heavy (non-hydrogen) atoms. The van der Waals surface area contributed by atoms with Crippen molar-refractivity contribution in [3.63, 3.8) is 0 Å². The minimum absolute atomic E-state index is 0.447. The van der Waals surface area contributed by atoms with E-state index in [1.165, 1.54) is 12.8 Å². The largest absolute Gasteiger partial charge is 0.352 e. The molecule has 1 unspecified atom stereocenters. The zero-order valence-electron chi connectivity index (χ0n) is 10.5. The summed E-state index contributed by atoms with van der Waals surface area (Å²) in [6, 6.07) is 0. The van der Waals surface area contributed by atoms with Crippen LogP contribution in [0.5, 0.6) is 0 Å². The van der Waals surface area contributed by atoms with E-state index >= 15 is 0 Å². The van der Waals surface area contributed by atoms with Gasteiger partial charge in [0.1, 0.15) is 0 Å². The first-order valence-electron chi connectivity index (χ1n) is 5.79. The molecule has 1 heterocycles. The molecule has 92 valence electrons. The van der Waals surface area contributed by atoms with Gasteiger partial charge in [-0.25, -0.2) is 0 Å². The molecule has 0 bridgehead atoms. The van der Waals surface area contributed by atoms with Gasteiger partial charge in [0.25, 0.3) is 0 Å². The Balaban J connectivity index is 2.53. The van der Waals surface area contributed by atoms with E-state index in [1.807, 2.05) is 7.05 Å². The Morgan fingerprint density at radius 3 is 2.75 bits per heavy atom. The lowest BCUT2D eigenvalue weighted by Crippen LogP contribution is -2.41. The summed E-state index contributed by atoms with van der Waals surface area (Å²) in [7, 11) is 1.83. The van der Waals surface area contributed by atoms with Crippen LogP contribution in [0.2, 0.25) is 0 Å². The van der Waals surface area contributed by atoms with Crippen LogP contribution in [0.25, 0.3) is 0 Å². The molecule has 3 nitrogen and oxygen atoms in total. The van der Waals surface area contributed by atoms with E-state index < -0.39 is 0 Å². The number of halogens is 1. The van der Waals surface area contributed by atoms with Gasteiger partial charge in [-0.05, 0) is 18.3 Å². The molecule has 1 rings (SSSR count). The fourth-order valence-corrected chi connectivity index (χ4v) is 2.14. The zero-order valence-corrected chi connectivity index (χ0v) is 12.1. The predicted molar refractivity (Wildman–Crippen MR) is 74.0 cm³/mol. The van der Waals surface area contributed by atoms with Gasteiger partial charge in [0.2, 0.25) is 0 Å². The van der Waals surface area contributed by atoms with Crippen LogP contribution in [-0.4, -0.2) is 37.5 Å². The lowest BCUT2D eigenvalue weighted by atomic mass is 9.87. The van der Waals surface area contributed by atoms with E-state index in [1.54, 1.807) is 0 Å². The molecule has 0 aromatic carbocycles. The molecule has 1 aliphatic heterocycles. The third kappa shape index (κ3) is 3.51. The molecule has 1 N–H and O–H groups in total. The summed E-state index contributed by atoms with van der Waals surface area (Å²) in [6.07, 6.45) is 2.48. The lowest BCUT2D eigenvalue weighted by Gasteiger charge is -2.25. The van der Waals surface area contributed by atoms with E-state index in [0.717, 1.165) is 30.1 Å². The van der Waals surface area contributed by atoms with Crippen molar-refractivity contribution in [1.29, 1.82) is 0 Å². The van der Waals surface area contributed by atoms with Crippen molar-refractivity contribution in [2.24, 2.45) is 10.4 Å². The maximum atomic E-state index is 4.31. The van der Waals surface area contributed by atoms with Crippen molar-refractivity contribution in [1.82, 2.24) is 10.2 Å². The quantitative estimate of drug-likeness (QED) is 0.638. The highest BCUT2D eigenvalue weighted by atomic mass is 79.9. The van der Waals surface area contributed by atoms with E-state index in [0.29, 0.717) is 5.41 Å². The van der Waals surface area contributed by atoms with E-state index in [2.05, 4.69) is 51.6 Å². The predicted octanol–water partition coefficient (Wildman–Crippen LogP) is 2.59. The number of hydrogen-bond acceptors (Lipinski definition) is 1. The summed E-state index contributed by atoms with van der Waals surface area (Å²) in [4.78, 5) is 6.64. The highest BCUT2D eigenvalue weighted by Gasteiger charge is 2.33. The van der Waals surface area contributed by atoms with Crippen molar-refractivity contribution >= 4 is 21.9 Å². The number of likely N-dealkylation sites (tertiary alicyclic amines) is 1. The smallest absolute Gasteiger partial charge is 0.193 e. The Bertz CT molecular complexity index is 288. The highest BCUT2D eigenvalue weighted by molar-refractivity contribution is 9.11. The molecule has 4 heteroatoms. The zero-order chi connectivity index (χ0) is 12.2. The topological polar surface area (TPSA) is 27.6 Å². The molecule has 1 aliphatic rings. The lowest BCUT2D eigenvalue weighted by molar-refractivity contribution is 0.322. The van der Waals surface area contributed by atoms with Crippen LogP contribution in [0.3, 0.4) is 0 Å². The summed E-state index contributed by atoms with van der Waals surface area (Å²) in [6.45, 7) is 11.3. The van der Waals surface area contributed by atoms with Crippen LogP contribution in [0.1, 0.15) is 26.7 Å². The number of hydrogen-bond donors (Lipinski definition) is 1. The van der Waals surface area contributed by atoms with Crippen molar-refractivity contribution in [2.45, 2.75) is 26.7 Å². The fourth-order valence-electron chi connectivity index (χ4n) is 2.00. The summed E-state index contributed by atoms with van der Waals surface area (Å²) < 4.78 is 0.950. The molecular weight excluding hydrogens is 266 g/mol. The third-order valence-corrected chi connectivity index (χ3v) is 3.64. The molecule has 1 atom stereocenters. The molecule has 0 aromatic heterocycles. The summed E-state index contributed by atoms with van der Waals surface area (Å²) in [5, 5.41) is 3.30. The molecule has 0 aliphatic carbocycles. The number of aliphatic imine (C=N–C) groups is 1. The monoisotopic (exact) mass is 287 g/mol. The van der Waals surface area contributed by atoms with Gasteiger partial charge in [0.15, 0.2) is 5.96 Å². The van der Waals surface area contributed by atoms with Crippen LogP contribution in [-0.2, 0) is 0 Å².